The Hall–Kier alpha value is -0.850. The number of aromatic nitrogens is 1. The van der Waals surface area contributed by atoms with Gasteiger partial charge in [-0.25, -0.2) is 13.1 Å². The average molecular weight is 315 g/mol. The molecule has 0 aliphatic carbocycles. The predicted molar refractivity (Wildman–Crippen MR) is 86.9 cm³/mol. The maximum absolute atomic E-state index is 12.5. The van der Waals surface area contributed by atoms with Crippen LogP contribution in [0, 0.1) is 0 Å². The van der Waals surface area contributed by atoms with Gasteiger partial charge in [0.1, 0.15) is 0 Å². The highest BCUT2D eigenvalue weighted by atomic mass is 32.2. The highest BCUT2D eigenvalue weighted by Crippen LogP contribution is 2.19. The molecule has 0 radical (unpaired) electrons. The summed E-state index contributed by atoms with van der Waals surface area (Å²) in [6.45, 7) is 11.7. The van der Waals surface area contributed by atoms with E-state index in [9.17, 15) is 8.42 Å². The lowest BCUT2D eigenvalue weighted by Gasteiger charge is -2.14. The summed E-state index contributed by atoms with van der Waals surface area (Å²) in [5.74, 6) is 0. The molecule has 1 heterocycles. The molecule has 1 aromatic rings. The van der Waals surface area contributed by atoms with Crippen molar-refractivity contribution in [2.45, 2.75) is 71.0 Å². The predicted octanol–water partition coefficient (Wildman–Crippen LogP) is 2.65. The highest BCUT2D eigenvalue weighted by molar-refractivity contribution is 7.89. The van der Waals surface area contributed by atoms with Gasteiger partial charge in [0, 0.05) is 30.5 Å². The number of rotatable bonds is 9. The summed E-state index contributed by atoms with van der Waals surface area (Å²) in [6, 6.07) is 2.00. The van der Waals surface area contributed by atoms with Gasteiger partial charge in [-0.15, -0.1) is 0 Å². The summed E-state index contributed by atoms with van der Waals surface area (Å²) < 4.78 is 29.8. The summed E-state index contributed by atoms with van der Waals surface area (Å²) in [4.78, 5) is 0.357. The fourth-order valence-corrected chi connectivity index (χ4v) is 3.71. The Kier molecular flexibility index (Phi) is 6.90. The normalized spacial score (nSPS) is 12.5. The second-order valence-electron chi connectivity index (χ2n) is 5.58. The summed E-state index contributed by atoms with van der Waals surface area (Å²) in [7, 11) is -3.44. The quantitative estimate of drug-likeness (QED) is 0.736. The van der Waals surface area contributed by atoms with Crippen molar-refractivity contribution < 1.29 is 8.42 Å². The minimum Gasteiger partial charge on any atom is -0.346 e. The van der Waals surface area contributed by atoms with Crippen molar-refractivity contribution in [3.05, 3.63) is 18.0 Å². The topological polar surface area (TPSA) is 63.1 Å². The van der Waals surface area contributed by atoms with E-state index in [-0.39, 0.29) is 12.1 Å². The van der Waals surface area contributed by atoms with E-state index in [1.54, 1.807) is 12.3 Å². The maximum Gasteiger partial charge on any atom is 0.242 e. The SMILES string of the molecule is CCNCc1cc(S(=O)(=O)NC(CC)CC)cn1C(C)C. The molecule has 0 saturated heterocycles. The molecule has 21 heavy (non-hydrogen) atoms. The minimum absolute atomic E-state index is 0.00498. The van der Waals surface area contributed by atoms with Gasteiger partial charge in [-0.05, 0) is 39.3 Å². The van der Waals surface area contributed by atoms with Gasteiger partial charge in [0.15, 0.2) is 0 Å². The van der Waals surface area contributed by atoms with Crippen molar-refractivity contribution in [1.82, 2.24) is 14.6 Å². The van der Waals surface area contributed by atoms with Crippen LogP contribution in [0.2, 0.25) is 0 Å². The second-order valence-corrected chi connectivity index (χ2v) is 7.30. The van der Waals surface area contributed by atoms with E-state index < -0.39 is 10.0 Å². The van der Waals surface area contributed by atoms with E-state index in [1.807, 2.05) is 25.3 Å². The zero-order chi connectivity index (χ0) is 16.0. The van der Waals surface area contributed by atoms with Crippen LogP contribution in [0.25, 0.3) is 0 Å². The van der Waals surface area contributed by atoms with E-state index in [2.05, 4.69) is 23.9 Å². The number of nitrogens with zero attached hydrogens (tertiary/aromatic N) is 1. The van der Waals surface area contributed by atoms with Crippen molar-refractivity contribution in [2.75, 3.05) is 6.54 Å². The van der Waals surface area contributed by atoms with Crippen LogP contribution in [-0.2, 0) is 16.6 Å². The van der Waals surface area contributed by atoms with Crippen molar-refractivity contribution in [3.63, 3.8) is 0 Å². The van der Waals surface area contributed by atoms with Gasteiger partial charge in [-0.1, -0.05) is 20.8 Å². The van der Waals surface area contributed by atoms with Crippen LogP contribution < -0.4 is 10.0 Å². The molecule has 0 aromatic carbocycles. The Bertz CT molecular complexity index is 531. The van der Waals surface area contributed by atoms with Gasteiger partial charge in [0.05, 0.1) is 4.90 Å². The molecule has 0 fully saturated rings. The molecule has 1 rings (SSSR count). The van der Waals surface area contributed by atoms with E-state index in [4.69, 9.17) is 0 Å². The standard InChI is InChI=1S/C15H29N3O2S/c1-6-13(7-2)17-21(19,20)15-9-14(10-16-8-3)18(11-15)12(4)5/h9,11-13,16-17H,6-8,10H2,1-5H3. The van der Waals surface area contributed by atoms with Crippen molar-refractivity contribution in [2.24, 2.45) is 0 Å². The first-order valence-corrected chi connectivity index (χ1v) is 9.27. The van der Waals surface area contributed by atoms with Gasteiger partial charge in [0.2, 0.25) is 10.0 Å². The smallest absolute Gasteiger partial charge is 0.242 e. The number of hydrogen-bond acceptors (Lipinski definition) is 3. The Morgan fingerprint density at radius 2 is 1.81 bits per heavy atom. The van der Waals surface area contributed by atoms with Gasteiger partial charge in [-0.3, -0.25) is 0 Å². The molecule has 2 N–H and O–H groups in total. The largest absolute Gasteiger partial charge is 0.346 e. The van der Waals surface area contributed by atoms with E-state index >= 15 is 0 Å². The molecule has 122 valence electrons. The van der Waals surface area contributed by atoms with E-state index in [0.717, 1.165) is 25.1 Å². The third-order valence-electron chi connectivity index (χ3n) is 3.64. The highest BCUT2D eigenvalue weighted by Gasteiger charge is 2.21. The van der Waals surface area contributed by atoms with Crippen molar-refractivity contribution >= 4 is 10.0 Å². The third kappa shape index (κ3) is 4.83. The monoisotopic (exact) mass is 315 g/mol. The molecule has 0 bridgehead atoms. The van der Waals surface area contributed by atoms with Gasteiger partial charge >= 0.3 is 0 Å². The van der Waals surface area contributed by atoms with E-state index in [0.29, 0.717) is 11.4 Å². The molecule has 0 spiro atoms. The summed E-state index contributed by atoms with van der Waals surface area (Å²) in [6.07, 6.45) is 3.33. The fourth-order valence-electron chi connectivity index (χ4n) is 2.26. The molecule has 1 aromatic heterocycles. The Morgan fingerprint density at radius 1 is 1.19 bits per heavy atom. The zero-order valence-electron chi connectivity index (χ0n) is 13.8. The van der Waals surface area contributed by atoms with Crippen LogP contribution in [-0.4, -0.2) is 25.6 Å². The molecule has 0 aliphatic rings. The molecule has 0 unspecified atom stereocenters. The number of sulfonamides is 1. The molecule has 5 nitrogen and oxygen atoms in total. The number of nitrogens with one attached hydrogen (secondary N) is 2. The first-order valence-electron chi connectivity index (χ1n) is 7.79. The molecule has 6 heteroatoms. The molecule has 0 amide bonds. The average Bonchev–Trinajstić information content (AvgIpc) is 2.87. The number of hydrogen-bond donors (Lipinski definition) is 2. The lowest BCUT2D eigenvalue weighted by molar-refractivity contribution is 0.529. The van der Waals surface area contributed by atoms with E-state index in [1.165, 1.54) is 0 Å². The van der Waals surface area contributed by atoms with Gasteiger partial charge in [-0.2, -0.15) is 0 Å². The van der Waals surface area contributed by atoms with Crippen LogP contribution >= 0.6 is 0 Å². The maximum atomic E-state index is 12.5. The summed E-state index contributed by atoms with van der Waals surface area (Å²) in [5, 5.41) is 3.25. The molecular formula is C15H29N3O2S. The van der Waals surface area contributed by atoms with Gasteiger partial charge < -0.3 is 9.88 Å². The van der Waals surface area contributed by atoms with Crippen molar-refractivity contribution in [1.29, 1.82) is 0 Å². The Labute approximate surface area is 129 Å². The molecular weight excluding hydrogens is 286 g/mol. The van der Waals surface area contributed by atoms with Crippen LogP contribution in [0.3, 0.4) is 0 Å². The van der Waals surface area contributed by atoms with Crippen LogP contribution in [0.1, 0.15) is 59.2 Å². The minimum atomic E-state index is -3.44. The lowest BCUT2D eigenvalue weighted by atomic mass is 10.2. The second kappa shape index (κ2) is 7.96. The summed E-state index contributed by atoms with van der Waals surface area (Å²) >= 11 is 0. The third-order valence-corrected chi connectivity index (χ3v) is 5.12. The van der Waals surface area contributed by atoms with Gasteiger partial charge in [0.25, 0.3) is 0 Å². The van der Waals surface area contributed by atoms with Crippen molar-refractivity contribution in [3.8, 4) is 0 Å². The summed E-state index contributed by atoms with van der Waals surface area (Å²) in [5.41, 5.74) is 0.997. The lowest BCUT2D eigenvalue weighted by Crippen LogP contribution is -2.33. The Morgan fingerprint density at radius 3 is 2.29 bits per heavy atom. The first kappa shape index (κ1) is 18.2. The van der Waals surface area contributed by atoms with Crippen LogP contribution in [0.5, 0.6) is 0 Å². The van der Waals surface area contributed by atoms with Crippen LogP contribution in [0.4, 0.5) is 0 Å². The molecule has 0 saturated carbocycles. The zero-order valence-corrected chi connectivity index (χ0v) is 14.6. The first-order chi connectivity index (χ1) is 9.85. The van der Waals surface area contributed by atoms with Crippen LogP contribution in [0.15, 0.2) is 17.2 Å². The molecule has 0 aliphatic heterocycles. The fraction of sp³-hybridized carbons (Fsp3) is 0.733. The molecule has 0 atom stereocenters. The Balaban J connectivity index is 3.06.